The van der Waals surface area contributed by atoms with Gasteiger partial charge in [0, 0.05) is 21.2 Å². The van der Waals surface area contributed by atoms with Crippen LogP contribution in [0.15, 0.2) is 59.7 Å². The van der Waals surface area contributed by atoms with Crippen molar-refractivity contribution < 1.29 is 14.3 Å². The Labute approximate surface area is 205 Å². The highest BCUT2D eigenvalue weighted by atomic mass is 35.5. The maximum Gasteiger partial charge on any atom is 0.338 e. The van der Waals surface area contributed by atoms with Gasteiger partial charge in [-0.15, -0.1) is 11.3 Å². The van der Waals surface area contributed by atoms with Crippen LogP contribution in [0.2, 0.25) is 5.02 Å². The van der Waals surface area contributed by atoms with E-state index in [1.807, 2.05) is 19.1 Å². The number of hydrogen-bond donors (Lipinski definition) is 1. The number of halogens is 1. The van der Waals surface area contributed by atoms with Crippen LogP contribution in [0, 0.1) is 6.92 Å². The summed E-state index contributed by atoms with van der Waals surface area (Å²) in [6.07, 6.45) is 1.13. The van der Waals surface area contributed by atoms with Gasteiger partial charge in [-0.1, -0.05) is 29.8 Å². The molecule has 0 unspecified atom stereocenters. The molecular formula is C25H22ClN3O4S. The summed E-state index contributed by atoms with van der Waals surface area (Å²) in [6.45, 7) is 5.24. The lowest BCUT2D eigenvalue weighted by molar-refractivity contribution is -0.116. The van der Waals surface area contributed by atoms with Crippen molar-refractivity contribution in [2.24, 2.45) is 0 Å². The second kappa shape index (κ2) is 9.79. The smallest absolute Gasteiger partial charge is 0.338 e. The molecule has 4 rings (SSSR count). The number of carbonyl (C=O) groups is 2. The lowest BCUT2D eigenvalue weighted by Crippen LogP contribution is -2.27. The highest BCUT2D eigenvalue weighted by Crippen LogP contribution is 2.35. The average molecular weight is 496 g/mol. The lowest BCUT2D eigenvalue weighted by atomic mass is 10.0. The van der Waals surface area contributed by atoms with Crippen LogP contribution >= 0.6 is 22.9 Å². The first-order valence-corrected chi connectivity index (χ1v) is 11.8. The number of anilines is 1. The van der Waals surface area contributed by atoms with Gasteiger partial charge in [0.1, 0.15) is 11.4 Å². The molecule has 0 aliphatic carbocycles. The summed E-state index contributed by atoms with van der Waals surface area (Å²) < 4.78 is 6.47. The molecule has 0 saturated heterocycles. The van der Waals surface area contributed by atoms with Crippen LogP contribution in [0.3, 0.4) is 0 Å². The van der Waals surface area contributed by atoms with E-state index in [0.717, 1.165) is 16.0 Å². The Kier molecular flexibility index (Phi) is 6.81. The number of aromatic nitrogens is 2. The molecule has 174 valence electrons. The van der Waals surface area contributed by atoms with E-state index in [2.05, 4.69) is 10.3 Å². The molecule has 9 heteroatoms. The van der Waals surface area contributed by atoms with Crippen LogP contribution in [0.5, 0.6) is 0 Å². The number of benzene rings is 2. The third-order valence-electron chi connectivity index (χ3n) is 5.03. The second-order valence-electron chi connectivity index (χ2n) is 7.98. The topological polar surface area (TPSA) is 90.3 Å². The predicted molar refractivity (Wildman–Crippen MR) is 135 cm³/mol. The summed E-state index contributed by atoms with van der Waals surface area (Å²) in [5, 5.41) is 3.80. The van der Waals surface area contributed by atoms with E-state index in [0.29, 0.717) is 26.5 Å². The number of thiophene rings is 1. The van der Waals surface area contributed by atoms with Crippen molar-refractivity contribution in [3.8, 4) is 11.1 Å². The van der Waals surface area contributed by atoms with E-state index < -0.39 is 11.9 Å². The minimum absolute atomic E-state index is 0.225. The van der Waals surface area contributed by atoms with E-state index in [9.17, 15) is 14.4 Å². The molecule has 0 aliphatic heterocycles. The van der Waals surface area contributed by atoms with Crippen molar-refractivity contribution in [2.75, 3.05) is 5.32 Å². The molecule has 34 heavy (non-hydrogen) atoms. The first-order chi connectivity index (χ1) is 16.2. The highest BCUT2D eigenvalue weighted by molar-refractivity contribution is 7.19. The molecule has 1 N–H and O–H groups in total. The van der Waals surface area contributed by atoms with E-state index in [1.54, 1.807) is 44.2 Å². The van der Waals surface area contributed by atoms with Crippen LogP contribution in [0.4, 0.5) is 5.69 Å². The zero-order valence-electron chi connectivity index (χ0n) is 18.8. The molecule has 2 aromatic carbocycles. The van der Waals surface area contributed by atoms with Gasteiger partial charge >= 0.3 is 5.97 Å². The molecule has 0 fully saturated rings. The van der Waals surface area contributed by atoms with Gasteiger partial charge in [0.15, 0.2) is 0 Å². The van der Waals surface area contributed by atoms with Gasteiger partial charge in [-0.2, -0.15) is 0 Å². The quantitative estimate of drug-likeness (QED) is 0.367. The zero-order chi connectivity index (χ0) is 24.4. The number of aryl methyl sites for hydroxylation is 1. The number of esters is 1. The summed E-state index contributed by atoms with van der Waals surface area (Å²) in [6, 6.07) is 13.7. The van der Waals surface area contributed by atoms with Crippen LogP contribution in [0.1, 0.15) is 29.1 Å². The largest absolute Gasteiger partial charge is 0.459 e. The van der Waals surface area contributed by atoms with Crippen LogP contribution in [-0.2, 0) is 16.1 Å². The van der Waals surface area contributed by atoms with E-state index in [1.165, 1.54) is 28.3 Å². The van der Waals surface area contributed by atoms with Crippen LogP contribution < -0.4 is 10.9 Å². The maximum atomic E-state index is 13.3. The molecule has 0 radical (unpaired) electrons. The van der Waals surface area contributed by atoms with Crippen molar-refractivity contribution in [1.82, 2.24) is 9.55 Å². The summed E-state index contributed by atoms with van der Waals surface area (Å²) in [5.41, 5.74) is 2.11. The molecule has 1 amide bonds. The summed E-state index contributed by atoms with van der Waals surface area (Å²) in [4.78, 5) is 44.1. The zero-order valence-corrected chi connectivity index (χ0v) is 20.4. The Hall–Kier alpha value is -3.49. The molecule has 0 atom stereocenters. The molecular weight excluding hydrogens is 474 g/mol. The number of fused-ring (bicyclic) bond motifs is 1. The fraction of sp³-hybridized carbons (Fsp3) is 0.200. The number of nitrogens with zero attached hydrogens (tertiary/aromatic N) is 2. The van der Waals surface area contributed by atoms with Gasteiger partial charge in [0.2, 0.25) is 5.91 Å². The molecule has 0 aliphatic rings. The summed E-state index contributed by atoms with van der Waals surface area (Å²) >= 11 is 7.44. The number of amides is 1. The first-order valence-electron chi connectivity index (χ1n) is 10.6. The van der Waals surface area contributed by atoms with Crippen molar-refractivity contribution in [1.29, 1.82) is 0 Å². The Bertz CT molecular complexity index is 1440. The number of rotatable bonds is 6. The Morgan fingerprint density at radius 3 is 2.62 bits per heavy atom. The predicted octanol–water partition coefficient (Wildman–Crippen LogP) is 5.29. The average Bonchev–Trinajstić information content (AvgIpc) is 3.12. The van der Waals surface area contributed by atoms with E-state index in [-0.39, 0.29) is 18.2 Å². The summed E-state index contributed by atoms with van der Waals surface area (Å²) in [7, 11) is 0. The number of hydrogen-bond acceptors (Lipinski definition) is 6. The maximum absolute atomic E-state index is 13.3. The number of carbonyl (C=O) groups excluding carboxylic acids is 2. The van der Waals surface area contributed by atoms with Gasteiger partial charge in [0.05, 0.1) is 23.4 Å². The van der Waals surface area contributed by atoms with Gasteiger partial charge in [-0.05, 0) is 56.7 Å². The second-order valence-corrected chi connectivity index (χ2v) is 9.62. The van der Waals surface area contributed by atoms with Gasteiger partial charge in [-0.3, -0.25) is 14.2 Å². The third-order valence-corrected chi connectivity index (χ3v) is 6.29. The molecule has 4 aromatic rings. The van der Waals surface area contributed by atoms with Gasteiger partial charge in [0.25, 0.3) is 5.56 Å². The fourth-order valence-corrected chi connectivity index (χ4v) is 4.70. The van der Waals surface area contributed by atoms with Crippen LogP contribution in [0.25, 0.3) is 21.3 Å². The van der Waals surface area contributed by atoms with Crippen LogP contribution in [-0.4, -0.2) is 27.5 Å². The monoisotopic (exact) mass is 495 g/mol. The molecule has 2 heterocycles. The SMILES string of the molecule is Cc1sc2ncn(CC(=O)Nc3cccc(C(=O)OC(C)C)c3)c(=O)c2c1-c1ccc(Cl)cc1. The minimum Gasteiger partial charge on any atom is -0.459 e. The molecule has 7 nitrogen and oxygen atoms in total. The molecule has 0 saturated carbocycles. The van der Waals surface area contributed by atoms with E-state index >= 15 is 0 Å². The normalized spacial score (nSPS) is 11.1. The standard InChI is InChI=1S/C25H22ClN3O4S/c1-14(2)33-25(32)17-5-4-6-19(11-17)28-20(30)12-29-13-27-23-22(24(29)31)21(15(3)34-23)16-7-9-18(26)10-8-16/h4-11,13-14H,12H2,1-3H3,(H,28,30). The first kappa shape index (κ1) is 23.7. The van der Waals surface area contributed by atoms with Crippen molar-refractivity contribution in [2.45, 2.75) is 33.4 Å². The minimum atomic E-state index is -0.473. The van der Waals surface area contributed by atoms with Crippen molar-refractivity contribution in [3.63, 3.8) is 0 Å². The van der Waals surface area contributed by atoms with Crippen molar-refractivity contribution >= 4 is 50.7 Å². The number of nitrogens with one attached hydrogen (secondary N) is 1. The van der Waals surface area contributed by atoms with E-state index in [4.69, 9.17) is 16.3 Å². The molecule has 0 bridgehead atoms. The van der Waals surface area contributed by atoms with Crippen molar-refractivity contribution in [3.05, 3.63) is 80.7 Å². The summed E-state index contributed by atoms with van der Waals surface area (Å²) in [5.74, 6) is -0.892. The molecule has 2 aromatic heterocycles. The van der Waals surface area contributed by atoms with Gasteiger partial charge in [-0.25, -0.2) is 9.78 Å². The Balaban J connectivity index is 1.59. The fourth-order valence-electron chi connectivity index (χ4n) is 3.58. The molecule has 0 spiro atoms. The highest BCUT2D eigenvalue weighted by Gasteiger charge is 2.18. The van der Waals surface area contributed by atoms with Gasteiger partial charge < -0.3 is 10.1 Å². The Morgan fingerprint density at radius 2 is 1.91 bits per heavy atom. The number of ether oxygens (including phenoxy) is 1. The third kappa shape index (κ3) is 5.03. The lowest BCUT2D eigenvalue weighted by Gasteiger charge is -2.10. The Morgan fingerprint density at radius 1 is 1.18 bits per heavy atom.